The van der Waals surface area contributed by atoms with Crippen molar-refractivity contribution in [3.05, 3.63) is 63.4 Å². The van der Waals surface area contributed by atoms with Crippen molar-refractivity contribution in [3.63, 3.8) is 0 Å². The van der Waals surface area contributed by atoms with Crippen molar-refractivity contribution < 1.29 is 19.0 Å². The SMILES string of the molecule is COc1ccccc1-c1noc(C)c1C(=O)N1CCN(c2cc(N)c([N+](=O)[O-])cc2C#N)CC1. The summed E-state index contributed by atoms with van der Waals surface area (Å²) in [6, 6.07) is 11.9. The molecule has 11 nitrogen and oxygen atoms in total. The molecule has 4 rings (SSSR count). The van der Waals surface area contributed by atoms with E-state index >= 15 is 0 Å². The maximum absolute atomic E-state index is 13.4. The zero-order valence-corrected chi connectivity index (χ0v) is 18.6. The molecule has 1 aliphatic rings. The molecule has 0 spiro atoms. The quantitative estimate of drug-likeness (QED) is 0.342. The number of nitriles is 1. The molecular weight excluding hydrogens is 440 g/mol. The first kappa shape index (κ1) is 22.6. The zero-order valence-electron chi connectivity index (χ0n) is 18.6. The number of carbonyl (C=O) groups excluding carboxylic acids is 1. The molecule has 2 aromatic carbocycles. The number of para-hydroxylation sites is 1. The number of benzene rings is 2. The minimum atomic E-state index is -0.614. The lowest BCUT2D eigenvalue weighted by atomic mass is 10.0. The third-order valence-electron chi connectivity index (χ3n) is 5.81. The van der Waals surface area contributed by atoms with Crippen LogP contribution >= 0.6 is 0 Å². The van der Waals surface area contributed by atoms with Crippen molar-refractivity contribution >= 4 is 23.0 Å². The number of nitrogens with two attached hydrogens (primary N) is 1. The minimum Gasteiger partial charge on any atom is -0.496 e. The summed E-state index contributed by atoms with van der Waals surface area (Å²) in [7, 11) is 1.55. The third-order valence-corrected chi connectivity index (χ3v) is 5.81. The predicted octanol–water partition coefficient (Wildman–Crippen LogP) is 2.98. The fraction of sp³-hybridized carbons (Fsp3) is 0.261. The number of piperazine rings is 1. The standard InChI is InChI=1S/C23H22N6O5/c1-14-21(22(26-34-14)16-5-3-4-6-20(16)33-2)23(30)28-9-7-27(8-10-28)18-12-17(25)19(29(31)32)11-15(18)13-24/h3-6,11-12H,7-10,25H2,1-2H3. The molecule has 174 valence electrons. The summed E-state index contributed by atoms with van der Waals surface area (Å²) in [5, 5.41) is 24.7. The van der Waals surface area contributed by atoms with Gasteiger partial charge >= 0.3 is 0 Å². The van der Waals surface area contributed by atoms with E-state index in [4.69, 9.17) is 15.0 Å². The number of anilines is 2. The Kier molecular flexibility index (Phi) is 6.05. The second-order valence-electron chi connectivity index (χ2n) is 7.74. The predicted molar refractivity (Wildman–Crippen MR) is 124 cm³/mol. The van der Waals surface area contributed by atoms with Crippen LogP contribution in [0.4, 0.5) is 17.1 Å². The number of nitro benzene ring substituents is 1. The number of rotatable bonds is 5. The summed E-state index contributed by atoms with van der Waals surface area (Å²) in [6.07, 6.45) is 0. The molecule has 1 amide bonds. The average Bonchev–Trinajstić information content (AvgIpc) is 3.24. The molecular formula is C23H22N6O5. The fourth-order valence-corrected chi connectivity index (χ4v) is 4.06. The highest BCUT2D eigenvalue weighted by molar-refractivity contribution is 6.01. The average molecular weight is 462 g/mol. The van der Waals surface area contributed by atoms with Crippen LogP contribution < -0.4 is 15.4 Å². The fourth-order valence-electron chi connectivity index (χ4n) is 4.06. The highest BCUT2D eigenvalue weighted by Gasteiger charge is 2.30. The van der Waals surface area contributed by atoms with Gasteiger partial charge < -0.3 is 24.8 Å². The van der Waals surface area contributed by atoms with E-state index in [2.05, 4.69) is 5.16 Å². The van der Waals surface area contributed by atoms with E-state index in [0.29, 0.717) is 60.2 Å². The Bertz CT molecular complexity index is 1300. The molecule has 34 heavy (non-hydrogen) atoms. The lowest BCUT2D eigenvalue weighted by Crippen LogP contribution is -2.49. The second-order valence-corrected chi connectivity index (χ2v) is 7.74. The number of amides is 1. The van der Waals surface area contributed by atoms with Gasteiger partial charge in [0, 0.05) is 37.8 Å². The van der Waals surface area contributed by atoms with Crippen LogP contribution in [-0.2, 0) is 0 Å². The zero-order chi connectivity index (χ0) is 24.4. The molecule has 0 aliphatic carbocycles. The summed E-state index contributed by atoms with van der Waals surface area (Å²) in [5.74, 6) is 0.765. The Hall–Kier alpha value is -4.59. The highest BCUT2D eigenvalue weighted by Crippen LogP contribution is 2.34. The number of carbonyl (C=O) groups is 1. The van der Waals surface area contributed by atoms with Gasteiger partial charge in [-0.1, -0.05) is 17.3 Å². The molecule has 0 unspecified atom stereocenters. The maximum Gasteiger partial charge on any atom is 0.293 e. The molecule has 2 heterocycles. The normalized spacial score (nSPS) is 13.4. The molecule has 3 aromatic rings. The number of hydrogen-bond donors (Lipinski definition) is 1. The lowest BCUT2D eigenvalue weighted by Gasteiger charge is -2.36. The topological polar surface area (TPSA) is 152 Å². The molecule has 0 atom stereocenters. The lowest BCUT2D eigenvalue weighted by molar-refractivity contribution is -0.383. The van der Waals surface area contributed by atoms with Crippen LogP contribution in [0, 0.1) is 28.4 Å². The third kappa shape index (κ3) is 3.97. The van der Waals surface area contributed by atoms with Crippen LogP contribution in [0.3, 0.4) is 0 Å². The van der Waals surface area contributed by atoms with Gasteiger partial charge in [0.25, 0.3) is 11.6 Å². The Morgan fingerprint density at radius 1 is 1.26 bits per heavy atom. The van der Waals surface area contributed by atoms with Crippen molar-refractivity contribution in [2.45, 2.75) is 6.92 Å². The monoisotopic (exact) mass is 462 g/mol. The molecule has 0 saturated carbocycles. The van der Waals surface area contributed by atoms with E-state index in [9.17, 15) is 20.2 Å². The van der Waals surface area contributed by atoms with E-state index in [-0.39, 0.29) is 22.8 Å². The largest absolute Gasteiger partial charge is 0.496 e. The number of hydrogen-bond acceptors (Lipinski definition) is 9. The Morgan fingerprint density at radius 3 is 2.62 bits per heavy atom. The van der Waals surface area contributed by atoms with Crippen LogP contribution in [0.5, 0.6) is 5.75 Å². The highest BCUT2D eigenvalue weighted by atomic mass is 16.6. The van der Waals surface area contributed by atoms with Gasteiger partial charge in [-0.3, -0.25) is 14.9 Å². The number of ether oxygens (including phenoxy) is 1. The summed E-state index contributed by atoms with van der Waals surface area (Å²) >= 11 is 0. The number of nitrogens with zero attached hydrogens (tertiary/aromatic N) is 5. The van der Waals surface area contributed by atoms with Gasteiger partial charge in [0.05, 0.1) is 23.3 Å². The van der Waals surface area contributed by atoms with Gasteiger partial charge in [0.15, 0.2) is 0 Å². The van der Waals surface area contributed by atoms with E-state index in [1.54, 1.807) is 25.0 Å². The van der Waals surface area contributed by atoms with Gasteiger partial charge in [0.1, 0.15) is 34.5 Å². The molecule has 0 bridgehead atoms. The summed E-state index contributed by atoms with van der Waals surface area (Å²) in [4.78, 5) is 27.5. The van der Waals surface area contributed by atoms with Gasteiger partial charge in [-0.15, -0.1) is 0 Å². The van der Waals surface area contributed by atoms with E-state index in [1.165, 1.54) is 12.1 Å². The van der Waals surface area contributed by atoms with Crippen molar-refractivity contribution in [1.29, 1.82) is 5.26 Å². The van der Waals surface area contributed by atoms with Crippen molar-refractivity contribution in [1.82, 2.24) is 10.1 Å². The van der Waals surface area contributed by atoms with Gasteiger partial charge in [0.2, 0.25) is 0 Å². The van der Waals surface area contributed by atoms with Crippen LogP contribution in [0.2, 0.25) is 0 Å². The first-order valence-electron chi connectivity index (χ1n) is 10.5. The minimum absolute atomic E-state index is 0.0148. The van der Waals surface area contributed by atoms with E-state index in [0.717, 1.165) is 0 Å². The Balaban J connectivity index is 1.56. The van der Waals surface area contributed by atoms with Crippen LogP contribution in [0.1, 0.15) is 21.7 Å². The smallest absolute Gasteiger partial charge is 0.293 e. The Labute approximate surface area is 195 Å². The van der Waals surface area contributed by atoms with Gasteiger partial charge in [-0.2, -0.15) is 5.26 Å². The van der Waals surface area contributed by atoms with E-state index in [1.807, 2.05) is 29.2 Å². The first-order valence-corrected chi connectivity index (χ1v) is 10.5. The van der Waals surface area contributed by atoms with Crippen molar-refractivity contribution in [3.8, 4) is 23.1 Å². The summed E-state index contributed by atoms with van der Waals surface area (Å²) < 4.78 is 10.8. The van der Waals surface area contributed by atoms with Crippen molar-refractivity contribution in [2.75, 3.05) is 43.9 Å². The molecule has 11 heteroatoms. The maximum atomic E-state index is 13.4. The van der Waals surface area contributed by atoms with Gasteiger partial charge in [-0.05, 0) is 25.1 Å². The molecule has 1 aliphatic heterocycles. The molecule has 1 fully saturated rings. The summed E-state index contributed by atoms with van der Waals surface area (Å²) in [6.45, 7) is 3.28. The van der Waals surface area contributed by atoms with Crippen LogP contribution in [0.25, 0.3) is 11.3 Å². The summed E-state index contributed by atoms with van der Waals surface area (Å²) in [5.41, 5.74) is 7.63. The van der Waals surface area contributed by atoms with Crippen LogP contribution in [0.15, 0.2) is 40.9 Å². The second kappa shape index (κ2) is 9.11. The molecule has 1 saturated heterocycles. The van der Waals surface area contributed by atoms with Crippen molar-refractivity contribution in [2.24, 2.45) is 0 Å². The number of aromatic nitrogens is 1. The number of methoxy groups -OCH3 is 1. The Morgan fingerprint density at radius 2 is 1.97 bits per heavy atom. The number of aryl methyl sites for hydroxylation is 1. The molecule has 1 aromatic heterocycles. The van der Waals surface area contributed by atoms with Gasteiger partial charge in [-0.25, -0.2) is 0 Å². The number of nitrogen functional groups attached to an aromatic ring is 1. The van der Waals surface area contributed by atoms with E-state index < -0.39 is 4.92 Å². The molecule has 2 N–H and O–H groups in total. The number of nitro groups is 1. The molecule has 0 radical (unpaired) electrons. The van der Waals surface area contributed by atoms with Crippen LogP contribution in [-0.4, -0.2) is 54.2 Å². The first-order chi connectivity index (χ1) is 16.3.